The van der Waals surface area contributed by atoms with Crippen molar-refractivity contribution in [3.05, 3.63) is 45.8 Å². The Morgan fingerprint density at radius 2 is 2.00 bits per heavy atom. The molecule has 3 N–H and O–H groups in total. The molecule has 0 radical (unpaired) electrons. The number of fused-ring (bicyclic) bond motifs is 1. The van der Waals surface area contributed by atoms with E-state index in [9.17, 15) is 14.4 Å². The fourth-order valence-corrected chi connectivity index (χ4v) is 4.74. The highest BCUT2D eigenvalue weighted by Crippen LogP contribution is 2.39. The number of ether oxygens (including phenoxy) is 2. The van der Waals surface area contributed by atoms with Crippen LogP contribution in [0.2, 0.25) is 0 Å². The van der Waals surface area contributed by atoms with Crippen LogP contribution in [0.4, 0.5) is 5.00 Å². The van der Waals surface area contributed by atoms with Crippen LogP contribution in [0.5, 0.6) is 5.75 Å². The standard InChI is InChI=1S/C21H24N2O5S/c1-12-7-8-14-16(9-12)29-21(19(14)20(22)26)23-17(24)10-28-18(25)11-27-15-6-4-3-5-13(15)2/h3-6,12H,7-11H2,1-2H3,(H2,22,26)(H,23,24)/t12-/m1/s1. The number of nitrogens with two attached hydrogens (primary N) is 1. The van der Waals surface area contributed by atoms with Crippen molar-refractivity contribution in [1.29, 1.82) is 0 Å². The Kier molecular flexibility index (Phi) is 6.53. The van der Waals surface area contributed by atoms with Crippen molar-refractivity contribution < 1.29 is 23.9 Å². The zero-order valence-electron chi connectivity index (χ0n) is 16.4. The molecule has 1 aromatic carbocycles. The monoisotopic (exact) mass is 416 g/mol. The summed E-state index contributed by atoms with van der Waals surface area (Å²) in [6.45, 7) is 3.26. The topological polar surface area (TPSA) is 108 Å². The van der Waals surface area contributed by atoms with Gasteiger partial charge in [0, 0.05) is 4.88 Å². The molecule has 3 rings (SSSR count). The fourth-order valence-electron chi connectivity index (χ4n) is 3.30. The number of amides is 2. The minimum absolute atomic E-state index is 0.296. The maximum atomic E-state index is 12.2. The van der Waals surface area contributed by atoms with Gasteiger partial charge in [-0.2, -0.15) is 0 Å². The van der Waals surface area contributed by atoms with Gasteiger partial charge in [-0.1, -0.05) is 25.1 Å². The van der Waals surface area contributed by atoms with Gasteiger partial charge >= 0.3 is 5.97 Å². The molecule has 0 aliphatic heterocycles. The van der Waals surface area contributed by atoms with E-state index < -0.39 is 24.4 Å². The Morgan fingerprint density at radius 1 is 1.24 bits per heavy atom. The molecule has 2 aromatic rings. The van der Waals surface area contributed by atoms with Crippen LogP contribution in [-0.2, 0) is 27.2 Å². The number of para-hydroxylation sites is 1. The number of nitrogens with one attached hydrogen (secondary N) is 1. The van der Waals surface area contributed by atoms with Gasteiger partial charge in [0.05, 0.1) is 5.56 Å². The molecule has 1 aliphatic rings. The predicted molar refractivity (Wildman–Crippen MR) is 110 cm³/mol. The molecular formula is C21H24N2O5S. The molecule has 7 nitrogen and oxygen atoms in total. The van der Waals surface area contributed by atoms with Gasteiger partial charge in [0.25, 0.3) is 11.8 Å². The quantitative estimate of drug-likeness (QED) is 0.675. The average Bonchev–Trinajstić information content (AvgIpc) is 3.02. The second kappa shape index (κ2) is 9.09. The van der Waals surface area contributed by atoms with E-state index in [2.05, 4.69) is 12.2 Å². The fraction of sp³-hybridized carbons (Fsp3) is 0.381. The Balaban J connectivity index is 1.55. The van der Waals surface area contributed by atoms with E-state index in [1.54, 1.807) is 12.1 Å². The number of carbonyl (C=O) groups excluding carboxylic acids is 3. The van der Waals surface area contributed by atoms with E-state index in [4.69, 9.17) is 15.2 Å². The lowest BCUT2D eigenvalue weighted by molar-refractivity contribution is -0.149. The molecule has 1 aliphatic carbocycles. The van der Waals surface area contributed by atoms with Crippen LogP contribution < -0.4 is 15.8 Å². The van der Waals surface area contributed by atoms with E-state index in [0.717, 1.165) is 35.3 Å². The maximum absolute atomic E-state index is 12.2. The molecule has 0 fully saturated rings. The summed E-state index contributed by atoms with van der Waals surface area (Å²) in [5, 5.41) is 3.09. The van der Waals surface area contributed by atoms with E-state index in [1.807, 2.05) is 19.1 Å². The van der Waals surface area contributed by atoms with Crippen molar-refractivity contribution in [2.24, 2.45) is 11.7 Å². The van der Waals surface area contributed by atoms with Crippen LogP contribution in [0, 0.1) is 12.8 Å². The number of anilines is 1. The Morgan fingerprint density at radius 3 is 2.72 bits per heavy atom. The highest BCUT2D eigenvalue weighted by molar-refractivity contribution is 7.17. The average molecular weight is 416 g/mol. The normalized spacial score (nSPS) is 15.3. The summed E-state index contributed by atoms with van der Waals surface area (Å²) in [6.07, 6.45) is 2.61. The first-order valence-corrected chi connectivity index (χ1v) is 10.2. The zero-order valence-corrected chi connectivity index (χ0v) is 17.3. The first kappa shape index (κ1) is 20.9. The Bertz CT molecular complexity index is 937. The number of primary amides is 1. The molecular weight excluding hydrogens is 392 g/mol. The smallest absolute Gasteiger partial charge is 0.344 e. The summed E-state index contributed by atoms with van der Waals surface area (Å²) in [5.74, 6) is -0.629. The molecule has 0 saturated carbocycles. The van der Waals surface area contributed by atoms with E-state index in [-0.39, 0.29) is 6.61 Å². The SMILES string of the molecule is Cc1ccccc1OCC(=O)OCC(=O)Nc1sc2c(c1C(N)=O)CC[C@@H](C)C2. The number of esters is 1. The van der Waals surface area contributed by atoms with Crippen LogP contribution in [-0.4, -0.2) is 31.0 Å². The van der Waals surface area contributed by atoms with E-state index >= 15 is 0 Å². The molecule has 0 bridgehead atoms. The summed E-state index contributed by atoms with van der Waals surface area (Å²) in [6, 6.07) is 7.29. The lowest BCUT2D eigenvalue weighted by atomic mass is 9.88. The Labute approximate surface area is 173 Å². The first-order valence-electron chi connectivity index (χ1n) is 9.43. The van der Waals surface area contributed by atoms with Crippen molar-refractivity contribution in [3.8, 4) is 5.75 Å². The number of thiophene rings is 1. The molecule has 29 heavy (non-hydrogen) atoms. The molecule has 0 unspecified atom stereocenters. The summed E-state index contributed by atoms with van der Waals surface area (Å²) in [5.41, 5.74) is 7.74. The van der Waals surface area contributed by atoms with Crippen molar-refractivity contribution in [2.45, 2.75) is 33.1 Å². The van der Waals surface area contributed by atoms with Crippen LogP contribution in [0.3, 0.4) is 0 Å². The number of benzene rings is 1. The van der Waals surface area contributed by atoms with Gasteiger partial charge in [-0.3, -0.25) is 9.59 Å². The first-order chi connectivity index (χ1) is 13.8. The van der Waals surface area contributed by atoms with E-state index in [1.165, 1.54) is 11.3 Å². The molecule has 154 valence electrons. The van der Waals surface area contributed by atoms with Gasteiger partial charge in [-0.25, -0.2) is 4.79 Å². The number of aryl methyl sites for hydroxylation is 1. The highest BCUT2D eigenvalue weighted by Gasteiger charge is 2.27. The number of hydrogen-bond donors (Lipinski definition) is 2. The molecule has 8 heteroatoms. The zero-order chi connectivity index (χ0) is 21.0. The highest BCUT2D eigenvalue weighted by atomic mass is 32.1. The van der Waals surface area contributed by atoms with Crippen LogP contribution in [0.25, 0.3) is 0 Å². The van der Waals surface area contributed by atoms with Crippen molar-refractivity contribution in [1.82, 2.24) is 0 Å². The number of carbonyl (C=O) groups is 3. The summed E-state index contributed by atoms with van der Waals surface area (Å²) < 4.78 is 10.4. The van der Waals surface area contributed by atoms with Crippen LogP contribution >= 0.6 is 11.3 Å². The molecule has 1 aromatic heterocycles. The minimum atomic E-state index is -0.655. The van der Waals surface area contributed by atoms with Gasteiger partial charge in [-0.05, 0) is 49.3 Å². The Hall–Kier alpha value is -2.87. The summed E-state index contributed by atoms with van der Waals surface area (Å²) in [4.78, 5) is 37.1. The van der Waals surface area contributed by atoms with Gasteiger partial charge in [0.1, 0.15) is 10.8 Å². The van der Waals surface area contributed by atoms with Gasteiger partial charge in [0.2, 0.25) is 0 Å². The minimum Gasteiger partial charge on any atom is -0.482 e. The third kappa shape index (κ3) is 5.14. The van der Waals surface area contributed by atoms with Crippen LogP contribution in [0.1, 0.15) is 39.7 Å². The third-order valence-electron chi connectivity index (χ3n) is 4.81. The van der Waals surface area contributed by atoms with Crippen molar-refractivity contribution >= 4 is 34.1 Å². The van der Waals surface area contributed by atoms with Crippen molar-refractivity contribution in [3.63, 3.8) is 0 Å². The van der Waals surface area contributed by atoms with Gasteiger partial charge < -0.3 is 20.5 Å². The summed E-state index contributed by atoms with van der Waals surface area (Å²) in [7, 11) is 0. The lowest BCUT2D eigenvalue weighted by Crippen LogP contribution is -2.25. The molecule has 1 heterocycles. The third-order valence-corrected chi connectivity index (χ3v) is 5.98. The maximum Gasteiger partial charge on any atom is 0.344 e. The van der Waals surface area contributed by atoms with E-state index in [0.29, 0.717) is 22.2 Å². The lowest BCUT2D eigenvalue weighted by Gasteiger charge is -2.18. The second-order valence-corrected chi connectivity index (χ2v) is 8.29. The molecule has 2 amide bonds. The largest absolute Gasteiger partial charge is 0.482 e. The van der Waals surface area contributed by atoms with Gasteiger partial charge in [0.15, 0.2) is 13.2 Å². The number of rotatable bonds is 7. The number of hydrogen-bond acceptors (Lipinski definition) is 6. The van der Waals surface area contributed by atoms with Crippen molar-refractivity contribution in [2.75, 3.05) is 18.5 Å². The molecule has 0 spiro atoms. The predicted octanol–water partition coefficient (Wildman–Crippen LogP) is 2.84. The molecule has 0 saturated heterocycles. The van der Waals surface area contributed by atoms with Gasteiger partial charge in [-0.15, -0.1) is 11.3 Å². The summed E-state index contributed by atoms with van der Waals surface area (Å²) >= 11 is 1.37. The van der Waals surface area contributed by atoms with Crippen LogP contribution in [0.15, 0.2) is 24.3 Å². The molecule has 1 atom stereocenters. The second-order valence-electron chi connectivity index (χ2n) is 7.18.